The second kappa shape index (κ2) is 9.01. The van der Waals surface area contributed by atoms with Crippen molar-refractivity contribution in [3.8, 4) is 0 Å². The Labute approximate surface area is 163 Å². The van der Waals surface area contributed by atoms with Gasteiger partial charge in [-0.15, -0.1) is 0 Å². The van der Waals surface area contributed by atoms with E-state index in [9.17, 15) is 18.0 Å². The number of hydrogen-bond donors (Lipinski definition) is 2. The molecule has 0 aliphatic rings. The first-order valence-corrected chi connectivity index (χ1v) is 10.4. The van der Waals surface area contributed by atoms with E-state index in [1.54, 1.807) is 49.4 Å². The van der Waals surface area contributed by atoms with Crippen LogP contribution in [0.25, 0.3) is 0 Å². The molecule has 1 unspecified atom stereocenters. The number of aryl methyl sites for hydroxylation is 1. The molecule has 0 fully saturated rings. The molecule has 0 heterocycles. The maximum Gasteiger partial charge on any atom is 0.242 e. The van der Waals surface area contributed by atoms with Crippen molar-refractivity contribution in [1.29, 1.82) is 0 Å². The van der Waals surface area contributed by atoms with Crippen LogP contribution in [0.4, 0.5) is 11.4 Å². The summed E-state index contributed by atoms with van der Waals surface area (Å²) in [5.74, 6) is -2.14. The van der Waals surface area contributed by atoms with Crippen LogP contribution >= 0.6 is 11.6 Å². The van der Waals surface area contributed by atoms with Gasteiger partial charge in [0.2, 0.25) is 11.8 Å². The Morgan fingerprint density at radius 1 is 1.04 bits per heavy atom. The minimum Gasteiger partial charge on any atom is -0.325 e. The van der Waals surface area contributed by atoms with Gasteiger partial charge in [0.15, 0.2) is 9.84 Å². The first-order chi connectivity index (χ1) is 12.7. The minimum atomic E-state index is -3.98. The fraction of sp³-hybridized carbons (Fsp3) is 0.263. The molecule has 0 aliphatic carbocycles. The SMILES string of the molecule is CCC(C(=O)Nc1cccc(C)c1)S(=O)(=O)CC(=O)Nc1ccc(Cl)cc1. The van der Waals surface area contributed by atoms with Crippen LogP contribution in [0.2, 0.25) is 5.02 Å². The van der Waals surface area contributed by atoms with Crippen molar-refractivity contribution in [2.24, 2.45) is 0 Å². The monoisotopic (exact) mass is 408 g/mol. The van der Waals surface area contributed by atoms with Gasteiger partial charge in [0.25, 0.3) is 0 Å². The second-order valence-electron chi connectivity index (χ2n) is 6.12. The average molecular weight is 409 g/mol. The van der Waals surface area contributed by atoms with Gasteiger partial charge in [-0.3, -0.25) is 9.59 Å². The highest BCUT2D eigenvalue weighted by molar-refractivity contribution is 7.93. The Morgan fingerprint density at radius 3 is 2.30 bits per heavy atom. The molecule has 1 atom stereocenters. The summed E-state index contributed by atoms with van der Waals surface area (Å²) in [6, 6.07) is 13.3. The second-order valence-corrected chi connectivity index (χ2v) is 8.74. The summed E-state index contributed by atoms with van der Waals surface area (Å²) < 4.78 is 25.1. The summed E-state index contributed by atoms with van der Waals surface area (Å²) in [5, 5.41) is 4.28. The summed E-state index contributed by atoms with van der Waals surface area (Å²) in [7, 11) is -3.98. The maximum atomic E-state index is 12.6. The Bertz CT molecular complexity index is 927. The molecular weight excluding hydrogens is 388 g/mol. The van der Waals surface area contributed by atoms with Crippen molar-refractivity contribution in [2.45, 2.75) is 25.5 Å². The third-order valence-electron chi connectivity index (χ3n) is 3.84. The van der Waals surface area contributed by atoms with Gasteiger partial charge in [-0.25, -0.2) is 8.42 Å². The van der Waals surface area contributed by atoms with Crippen molar-refractivity contribution in [3.05, 3.63) is 59.1 Å². The van der Waals surface area contributed by atoms with Gasteiger partial charge in [0.1, 0.15) is 11.0 Å². The number of anilines is 2. The maximum absolute atomic E-state index is 12.6. The number of benzene rings is 2. The number of amides is 2. The molecule has 0 aromatic heterocycles. The number of halogens is 1. The van der Waals surface area contributed by atoms with Gasteiger partial charge in [0, 0.05) is 16.4 Å². The van der Waals surface area contributed by atoms with Crippen LogP contribution in [-0.4, -0.2) is 31.2 Å². The summed E-state index contributed by atoms with van der Waals surface area (Å²) in [6.07, 6.45) is 0.0637. The molecule has 0 saturated carbocycles. The number of sulfone groups is 1. The topological polar surface area (TPSA) is 92.3 Å². The number of hydrogen-bond acceptors (Lipinski definition) is 4. The lowest BCUT2D eigenvalue weighted by molar-refractivity contribution is -0.115. The highest BCUT2D eigenvalue weighted by atomic mass is 35.5. The molecule has 2 rings (SSSR count). The molecule has 2 aromatic rings. The van der Waals surface area contributed by atoms with E-state index in [0.29, 0.717) is 16.4 Å². The fourth-order valence-electron chi connectivity index (χ4n) is 2.56. The Morgan fingerprint density at radius 2 is 1.70 bits per heavy atom. The highest BCUT2D eigenvalue weighted by Gasteiger charge is 2.33. The predicted molar refractivity (Wildman–Crippen MR) is 108 cm³/mol. The Hall–Kier alpha value is -2.38. The Kier molecular flexibility index (Phi) is 6.98. The molecule has 0 saturated heterocycles. The third kappa shape index (κ3) is 6.08. The van der Waals surface area contributed by atoms with Crippen molar-refractivity contribution in [1.82, 2.24) is 0 Å². The van der Waals surface area contributed by atoms with Gasteiger partial charge in [-0.05, 0) is 55.3 Å². The van der Waals surface area contributed by atoms with Gasteiger partial charge in [-0.1, -0.05) is 30.7 Å². The third-order valence-corrected chi connectivity index (χ3v) is 6.17. The van der Waals surface area contributed by atoms with E-state index in [-0.39, 0.29) is 6.42 Å². The molecule has 8 heteroatoms. The number of carbonyl (C=O) groups is 2. The lowest BCUT2D eigenvalue weighted by atomic mass is 10.2. The molecule has 0 spiro atoms. The van der Waals surface area contributed by atoms with Gasteiger partial charge in [-0.2, -0.15) is 0 Å². The average Bonchev–Trinajstić information content (AvgIpc) is 2.56. The van der Waals surface area contributed by atoms with Crippen molar-refractivity contribution < 1.29 is 18.0 Å². The van der Waals surface area contributed by atoms with Crippen LogP contribution in [0.5, 0.6) is 0 Å². The lowest BCUT2D eigenvalue weighted by Crippen LogP contribution is -2.39. The number of carbonyl (C=O) groups excluding carboxylic acids is 2. The lowest BCUT2D eigenvalue weighted by Gasteiger charge is -2.16. The number of nitrogens with one attached hydrogen (secondary N) is 2. The largest absolute Gasteiger partial charge is 0.325 e. The van der Waals surface area contributed by atoms with Crippen molar-refractivity contribution in [3.63, 3.8) is 0 Å². The molecule has 0 aliphatic heterocycles. The molecule has 0 bridgehead atoms. The van der Waals surface area contributed by atoms with E-state index in [2.05, 4.69) is 10.6 Å². The van der Waals surface area contributed by atoms with Gasteiger partial charge < -0.3 is 10.6 Å². The van der Waals surface area contributed by atoms with Crippen LogP contribution in [0.3, 0.4) is 0 Å². The molecule has 0 radical (unpaired) electrons. The fourth-order valence-corrected chi connectivity index (χ4v) is 4.22. The van der Waals surface area contributed by atoms with Crippen LogP contribution in [0, 0.1) is 6.92 Å². The summed E-state index contributed by atoms with van der Waals surface area (Å²) in [6.45, 7) is 3.46. The smallest absolute Gasteiger partial charge is 0.242 e. The molecule has 144 valence electrons. The first-order valence-electron chi connectivity index (χ1n) is 8.36. The predicted octanol–water partition coefficient (Wildman–Crippen LogP) is 3.42. The summed E-state index contributed by atoms with van der Waals surface area (Å²) in [4.78, 5) is 24.5. The van der Waals surface area contributed by atoms with Crippen LogP contribution < -0.4 is 10.6 Å². The normalized spacial score (nSPS) is 12.3. The molecule has 27 heavy (non-hydrogen) atoms. The van der Waals surface area contributed by atoms with E-state index >= 15 is 0 Å². The zero-order chi connectivity index (χ0) is 20.0. The van der Waals surface area contributed by atoms with Crippen molar-refractivity contribution in [2.75, 3.05) is 16.4 Å². The van der Waals surface area contributed by atoms with Crippen LogP contribution in [-0.2, 0) is 19.4 Å². The molecule has 2 amide bonds. The summed E-state index contributed by atoms with van der Waals surface area (Å²) >= 11 is 5.77. The Balaban J connectivity index is 2.06. The molecule has 2 N–H and O–H groups in total. The zero-order valence-electron chi connectivity index (χ0n) is 15.0. The van der Waals surface area contributed by atoms with Gasteiger partial charge in [0.05, 0.1) is 0 Å². The summed E-state index contributed by atoms with van der Waals surface area (Å²) in [5.41, 5.74) is 1.88. The van der Waals surface area contributed by atoms with E-state index in [1.807, 2.05) is 13.0 Å². The van der Waals surface area contributed by atoms with Crippen LogP contribution in [0.15, 0.2) is 48.5 Å². The van der Waals surface area contributed by atoms with Crippen molar-refractivity contribution >= 4 is 44.6 Å². The van der Waals surface area contributed by atoms with E-state index in [4.69, 9.17) is 11.6 Å². The van der Waals surface area contributed by atoms with E-state index < -0.39 is 32.7 Å². The highest BCUT2D eigenvalue weighted by Crippen LogP contribution is 2.16. The minimum absolute atomic E-state index is 0.0637. The van der Waals surface area contributed by atoms with E-state index in [0.717, 1.165) is 5.56 Å². The standard InChI is InChI=1S/C19H21ClN2O4S/c1-3-17(19(24)22-16-6-4-5-13(2)11-16)27(25,26)12-18(23)21-15-9-7-14(20)8-10-15/h4-11,17H,3,12H2,1-2H3,(H,21,23)(H,22,24). The first kappa shape index (κ1) is 20.9. The molecule has 6 nitrogen and oxygen atoms in total. The van der Waals surface area contributed by atoms with Crippen LogP contribution in [0.1, 0.15) is 18.9 Å². The van der Waals surface area contributed by atoms with E-state index in [1.165, 1.54) is 0 Å². The quantitative estimate of drug-likeness (QED) is 0.734. The zero-order valence-corrected chi connectivity index (χ0v) is 16.6. The molecule has 2 aromatic carbocycles. The van der Waals surface area contributed by atoms with Gasteiger partial charge >= 0.3 is 0 Å². The number of rotatable bonds is 7. The molecular formula is C19H21ClN2O4S.